The van der Waals surface area contributed by atoms with E-state index < -0.39 is 0 Å². The van der Waals surface area contributed by atoms with Crippen LogP contribution in [0.15, 0.2) is 42.6 Å². The number of fused-ring (bicyclic) bond motifs is 2. The van der Waals surface area contributed by atoms with Gasteiger partial charge < -0.3 is 26.0 Å². The molecule has 1 aromatic heterocycles. The number of benzene rings is 2. The lowest BCUT2D eigenvalue weighted by atomic mass is 9.99. The molecular weight excluding hydrogens is 487 g/mol. The number of nitrogens with zero attached hydrogens (tertiary/aromatic N) is 4. The fourth-order valence-corrected chi connectivity index (χ4v) is 4.10. The van der Waals surface area contributed by atoms with Gasteiger partial charge in [0.15, 0.2) is 12.4 Å². The summed E-state index contributed by atoms with van der Waals surface area (Å²) in [5.74, 6) is 1.30. The molecule has 3 aromatic rings. The number of ether oxygens (including phenoxy) is 1. The van der Waals surface area contributed by atoms with Crippen LogP contribution in [0.4, 0.5) is 23.1 Å². The third-order valence-corrected chi connectivity index (χ3v) is 5.73. The zero-order valence-corrected chi connectivity index (χ0v) is 20.3. The van der Waals surface area contributed by atoms with Gasteiger partial charge in [-0.2, -0.15) is 4.98 Å². The van der Waals surface area contributed by atoms with E-state index in [9.17, 15) is 4.79 Å². The van der Waals surface area contributed by atoms with Crippen molar-refractivity contribution in [1.82, 2.24) is 9.97 Å². The molecule has 0 aliphatic carbocycles. The van der Waals surface area contributed by atoms with Crippen LogP contribution in [-0.2, 0) is 17.8 Å². The summed E-state index contributed by atoms with van der Waals surface area (Å²) in [5.41, 5.74) is 17.8. The quantitative estimate of drug-likeness (QED) is 0.554. The Morgan fingerprint density at radius 3 is 2.64 bits per heavy atom. The standard InChI is InChI=1S/C22H22N6O2.3ClH/c1-27-18-4-2-3-16(20(18)30-12-19(27)29)13-5-6-17-14(9-13)7-8-28(17)11-15-10-25-22(24)26-21(15)23;;;/h2-6,9-10H,7-8,11-12H2,1H3,(H4,23,24,25,26);3*1H. The maximum atomic E-state index is 12.0. The normalized spacial score (nSPS) is 13.7. The molecule has 0 fully saturated rings. The number of halogens is 3. The van der Waals surface area contributed by atoms with Crippen molar-refractivity contribution in [3.05, 3.63) is 53.7 Å². The van der Waals surface area contributed by atoms with Crippen LogP contribution in [0.25, 0.3) is 11.1 Å². The highest BCUT2D eigenvalue weighted by molar-refractivity contribution is 5.99. The monoisotopic (exact) mass is 510 g/mol. The van der Waals surface area contributed by atoms with Crippen molar-refractivity contribution in [2.75, 3.05) is 41.5 Å². The average Bonchev–Trinajstić information content (AvgIpc) is 3.14. The highest BCUT2D eigenvalue weighted by atomic mass is 35.5. The fourth-order valence-electron chi connectivity index (χ4n) is 4.10. The minimum atomic E-state index is -0.0461. The molecule has 0 atom stereocenters. The first-order chi connectivity index (χ1) is 14.5. The number of anilines is 4. The first-order valence-corrected chi connectivity index (χ1v) is 9.79. The molecule has 1 amide bonds. The summed E-state index contributed by atoms with van der Waals surface area (Å²) in [4.78, 5) is 24.0. The van der Waals surface area contributed by atoms with Gasteiger partial charge in [0, 0.05) is 43.1 Å². The Bertz CT molecular complexity index is 1180. The van der Waals surface area contributed by atoms with Crippen LogP contribution in [0.3, 0.4) is 0 Å². The van der Waals surface area contributed by atoms with Crippen LogP contribution in [0, 0.1) is 0 Å². The Kier molecular flexibility index (Phi) is 8.24. The van der Waals surface area contributed by atoms with E-state index in [1.165, 1.54) is 11.3 Å². The summed E-state index contributed by atoms with van der Waals surface area (Å²) in [6, 6.07) is 12.3. The van der Waals surface area contributed by atoms with Crippen molar-refractivity contribution < 1.29 is 9.53 Å². The summed E-state index contributed by atoms with van der Waals surface area (Å²) in [6.07, 6.45) is 2.63. The van der Waals surface area contributed by atoms with E-state index in [1.807, 2.05) is 18.2 Å². The molecule has 33 heavy (non-hydrogen) atoms. The third kappa shape index (κ3) is 4.73. The molecule has 0 spiro atoms. The van der Waals surface area contributed by atoms with Gasteiger partial charge in [0.25, 0.3) is 5.91 Å². The van der Waals surface area contributed by atoms with Gasteiger partial charge in [-0.1, -0.05) is 18.2 Å². The number of carbonyl (C=O) groups is 1. The number of hydrogen-bond donors (Lipinski definition) is 2. The van der Waals surface area contributed by atoms with Gasteiger partial charge in [-0.05, 0) is 35.7 Å². The molecule has 11 heteroatoms. The van der Waals surface area contributed by atoms with Gasteiger partial charge in [-0.15, -0.1) is 37.2 Å². The molecule has 0 saturated heterocycles. The number of nitrogen functional groups attached to an aromatic ring is 2. The number of amides is 1. The van der Waals surface area contributed by atoms with Crippen LogP contribution in [0.2, 0.25) is 0 Å². The maximum absolute atomic E-state index is 12.0. The Morgan fingerprint density at radius 1 is 1.09 bits per heavy atom. The molecule has 4 N–H and O–H groups in total. The summed E-state index contributed by atoms with van der Waals surface area (Å²) in [5, 5.41) is 0. The molecule has 176 valence electrons. The number of rotatable bonds is 3. The maximum Gasteiger partial charge on any atom is 0.264 e. The number of likely N-dealkylation sites (N-methyl/N-ethyl adjacent to an activating group) is 1. The minimum absolute atomic E-state index is 0. The molecule has 2 aliphatic heterocycles. The molecule has 3 heterocycles. The van der Waals surface area contributed by atoms with E-state index in [-0.39, 0.29) is 55.7 Å². The van der Waals surface area contributed by atoms with Gasteiger partial charge >= 0.3 is 0 Å². The molecule has 2 aromatic carbocycles. The van der Waals surface area contributed by atoms with Gasteiger partial charge in [0.2, 0.25) is 5.95 Å². The van der Waals surface area contributed by atoms with Crippen LogP contribution >= 0.6 is 37.2 Å². The Hall–Kier alpha value is -2.94. The smallest absolute Gasteiger partial charge is 0.264 e. The van der Waals surface area contributed by atoms with Crippen molar-refractivity contribution >= 4 is 66.3 Å². The lowest BCUT2D eigenvalue weighted by Crippen LogP contribution is -2.35. The largest absolute Gasteiger partial charge is 0.481 e. The van der Waals surface area contributed by atoms with Crippen LogP contribution in [0.5, 0.6) is 5.75 Å². The van der Waals surface area contributed by atoms with E-state index >= 15 is 0 Å². The first kappa shape index (κ1) is 26.3. The second kappa shape index (κ2) is 10.3. The van der Waals surface area contributed by atoms with Crippen molar-refractivity contribution in [3.63, 3.8) is 0 Å². The number of carbonyl (C=O) groups excluding carboxylic acids is 1. The summed E-state index contributed by atoms with van der Waals surface area (Å²) in [7, 11) is 1.78. The van der Waals surface area contributed by atoms with Crippen LogP contribution in [-0.4, -0.2) is 36.1 Å². The van der Waals surface area contributed by atoms with Crippen molar-refractivity contribution in [2.45, 2.75) is 13.0 Å². The summed E-state index contributed by atoms with van der Waals surface area (Å²) in [6.45, 7) is 1.59. The lowest BCUT2D eigenvalue weighted by molar-refractivity contribution is -0.120. The number of aromatic nitrogens is 2. The summed E-state index contributed by atoms with van der Waals surface area (Å²) < 4.78 is 5.79. The Morgan fingerprint density at radius 2 is 1.88 bits per heavy atom. The van der Waals surface area contributed by atoms with Crippen LogP contribution < -0.4 is 26.0 Å². The second-order valence-corrected chi connectivity index (χ2v) is 7.55. The Balaban J connectivity index is 0.00000128. The highest BCUT2D eigenvalue weighted by Gasteiger charge is 2.26. The Labute approximate surface area is 210 Å². The zero-order chi connectivity index (χ0) is 20.8. The van der Waals surface area contributed by atoms with Gasteiger partial charge in [0.05, 0.1) is 5.69 Å². The molecular formula is C22H25Cl3N6O2. The second-order valence-electron chi connectivity index (χ2n) is 7.55. The van der Waals surface area contributed by atoms with E-state index in [0.29, 0.717) is 12.4 Å². The van der Waals surface area contributed by atoms with E-state index in [1.54, 1.807) is 18.1 Å². The lowest BCUT2D eigenvalue weighted by Gasteiger charge is -2.27. The van der Waals surface area contributed by atoms with Crippen molar-refractivity contribution in [2.24, 2.45) is 0 Å². The van der Waals surface area contributed by atoms with E-state index in [2.05, 4.69) is 33.1 Å². The summed E-state index contributed by atoms with van der Waals surface area (Å²) >= 11 is 0. The SMILES string of the molecule is CN1C(=O)COc2c(-c3ccc4c(c3)CCN4Cc3cnc(N)nc3N)cccc21.Cl.Cl.Cl. The van der Waals surface area contributed by atoms with Gasteiger partial charge in [-0.3, -0.25) is 4.79 Å². The highest BCUT2D eigenvalue weighted by Crippen LogP contribution is 2.42. The zero-order valence-electron chi connectivity index (χ0n) is 17.9. The van der Waals surface area contributed by atoms with E-state index in [4.69, 9.17) is 16.2 Å². The molecule has 2 aliphatic rings. The van der Waals surface area contributed by atoms with Gasteiger partial charge in [-0.25, -0.2) is 4.98 Å². The van der Waals surface area contributed by atoms with Crippen molar-refractivity contribution in [1.29, 1.82) is 0 Å². The fraction of sp³-hybridized carbons (Fsp3) is 0.227. The molecule has 0 radical (unpaired) electrons. The predicted molar refractivity (Wildman–Crippen MR) is 138 cm³/mol. The number of hydrogen-bond acceptors (Lipinski definition) is 7. The molecule has 0 bridgehead atoms. The number of para-hydroxylation sites is 1. The molecule has 0 unspecified atom stereocenters. The molecule has 8 nitrogen and oxygen atoms in total. The third-order valence-electron chi connectivity index (χ3n) is 5.73. The molecule has 5 rings (SSSR count). The molecule has 0 saturated carbocycles. The van der Waals surface area contributed by atoms with Crippen molar-refractivity contribution in [3.8, 4) is 16.9 Å². The predicted octanol–water partition coefficient (Wildman–Crippen LogP) is 3.49. The van der Waals surface area contributed by atoms with Gasteiger partial charge in [0.1, 0.15) is 5.82 Å². The topological polar surface area (TPSA) is 111 Å². The number of nitrogens with two attached hydrogens (primary N) is 2. The van der Waals surface area contributed by atoms with E-state index in [0.717, 1.165) is 41.1 Å². The minimum Gasteiger partial charge on any atom is -0.481 e. The first-order valence-electron chi connectivity index (χ1n) is 9.79. The van der Waals surface area contributed by atoms with Crippen LogP contribution in [0.1, 0.15) is 11.1 Å². The average molecular weight is 512 g/mol.